The molecule has 1 aromatic heterocycles. The summed E-state index contributed by atoms with van der Waals surface area (Å²) in [6, 6.07) is 0. The first kappa shape index (κ1) is 15.0. The van der Waals surface area contributed by atoms with E-state index in [4.69, 9.17) is 4.74 Å². The summed E-state index contributed by atoms with van der Waals surface area (Å²) in [7, 11) is 3.34. The highest BCUT2D eigenvalue weighted by atomic mass is 16.5. The summed E-state index contributed by atoms with van der Waals surface area (Å²) >= 11 is 0. The van der Waals surface area contributed by atoms with Gasteiger partial charge in [0.15, 0.2) is 0 Å². The van der Waals surface area contributed by atoms with Gasteiger partial charge in [-0.15, -0.1) is 0 Å². The molecule has 1 aliphatic rings. The van der Waals surface area contributed by atoms with Crippen LogP contribution in [0.15, 0.2) is 12.4 Å². The Bertz CT molecular complexity index is 458. The first-order chi connectivity index (χ1) is 9.67. The lowest BCUT2D eigenvalue weighted by Crippen LogP contribution is -2.54. The van der Waals surface area contributed by atoms with Crippen LogP contribution in [0.3, 0.4) is 0 Å². The van der Waals surface area contributed by atoms with Gasteiger partial charge in [0.1, 0.15) is 11.4 Å². The van der Waals surface area contributed by atoms with Crippen molar-refractivity contribution in [3.8, 4) is 0 Å². The van der Waals surface area contributed by atoms with E-state index >= 15 is 0 Å². The van der Waals surface area contributed by atoms with Crippen LogP contribution in [-0.4, -0.2) is 35.2 Å². The summed E-state index contributed by atoms with van der Waals surface area (Å²) in [6.07, 6.45) is 8.79. The van der Waals surface area contributed by atoms with Crippen LogP contribution >= 0.6 is 0 Å². The fourth-order valence-electron chi connectivity index (χ4n) is 3.50. The Balaban J connectivity index is 2.06. The molecule has 1 aliphatic carbocycles. The number of hydrogen-bond acceptors (Lipinski definition) is 4. The third-order valence-electron chi connectivity index (χ3n) is 4.65. The number of esters is 1. The van der Waals surface area contributed by atoms with Gasteiger partial charge >= 0.3 is 5.97 Å². The molecular formula is C15H25N3O2. The Morgan fingerprint density at radius 3 is 3.10 bits per heavy atom. The van der Waals surface area contributed by atoms with Gasteiger partial charge in [-0.25, -0.2) is 4.98 Å². The van der Waals surface area contributed by atoms with Crippen molar-refractivity contribution in [1.82, 2.24) is 14.9 Å². The normalized spacial score (nSPS) is 25.9. The van der Waals surface area contributed by atoms with Crippen LogP contribution in [0.4, 0.5) is 0 Å². The van der Waals surface area contributed by atoms with Crippen LogP contribution in [-0.2, 0) is 22.5 Å². The van der Waals surface area contributed by atoms with Crippen molar-refractivity contribution < 1.29 is 9.53 Å². The maximum absolute atomic E-state index is 12.2. The molecule has 1 aromatic rings. The third kappa shape index (κ3) is 2.59. The monoisotopic (exact) mass is 279 g/mol. The molecule has 20 heavy (non-hydrogen) atoms. The van der Waals surface area contributed by atoms with Crippen LogP contribution in [0.1, 0.15) is 38.4 Å². The van der Waals surface area contributed by atoms with Crippen molar-refractivity contribution in [2.45, 2.75) is 51.1 Å². The van der Waals surface area contributed by atoms with E-state index < -0.39 is 5.54 Å². The van der Waals surface area contributed by atoms with Crippen LogP contribution in [0.2, 0.25) is 0 Å². The topological polar surface area (TPSA) is 56.2 Å². The van der Waals surface area contributed by atoms with Gasteiger partial charge < -0.3 is 14.6 Å². The smallest absolute Gasteiger partial charge is 0.326 e. The van der Waals surface area contributed by atoms with Gasteiger partial charge in [0.2, 0.25) is 0 Å². The molecule has 1 saturated carbocycles. The molecule has 0 radical (unpaired) electrons. The fourth-order valence-corrected chi connectivity index (χ4v) is 3.50. The molecule has 0 spiro atoms. The Hall–Kier alpha value is -1.36. The van der Waals surface area contributed by atoms with Crippen molar-refractivity contribution in [3.63, 3.8) is 0 Å². The van der Waals surface area contributed by atoms with E-state index in [2.05, 4.69) is 21.8 Å². The maximum Gasteiger partial charge on any atom is 0.326 e. The second-order valence-electron chi connectivity index (χ2n) is 5.48. The average molecular weight is 279 g/mol. The molecule has 5 heteroatoms. The quantitative estimate of drug-likeness (QED) is 0.806. The number of nitrogens with one attached hydrogen (secondary N) is 1. The number of rotatable bonds is 6. The molecular weight excluding hydrogens is 254 g/mol. The highest BCUT2D eigenvalue weighted by Gasteiger charge is 2.48. The summed E-state index contributed by atoms with van der Waals surface area (Å²) in [5, 5.41) is 3.24. The van der Waals surface area contributed by atoms with Crippen LogP contribution in [0, 0.1) is 5.92 Å². The number of nitrogens with zero attached hydrogens (tertiary/aromatic N) is 2. The maximum atomic E-state index is 12.2. The molecule has 5 nitrogen and oxygen atoms in total. The lowest BCUT2D eigenvalue weighted by molar-refractivity contribution is -0.150. The lowest BCUT2D eigenvalue weighted by atomic mass is 9.84. The van der Waals surface area contributed by atoms with E-state index in [1.807, 2.05) is 19.4 Å². The number of ether oxygens (including phenoxy) is 1. The van der Waals surface area contributed by atoms with E-state index in [0.717, 1.165) is 44.5 Å². The van der Waals surface area contributed by atoms with Gasteiger partial charge in [-0.3, -0.25) is 4.79 Å². The summed E-state index contributed by atoms with van der Waals surface area (Å²) in [6.45, 7) is 3.02. The molecule has 112 valence electrons. The summed E-state index contributed by atoms with van der Waals surface area (Å²) in [5.74, 6) is 1.31. The predicted octanol–water partition coefficient (Wildman–Crippen LogP) is 1.77. The Morgan fingerprint density at radius 2 is 2.45 bits per heavy atom. The number of hydrogen-bond donors (Lipinski definition) is 1. The molecule has 0 aromatic carbocycles. The molecule has 1 fully saturated rings. The van der Waals surface area contributed by atoms with Crippen molar-refractivity contribution >= 4 is 5.97 Å². The summed E-state index contributed by atoms with van der Waals surface area (Å²) in [4.78, 5) is 16.5. The predicted molar refractivity (Wildman–Crippen MR) is 77.4 cm³/mol. The van der Waals surface area contributed by atoms with Gasteiger partial charge in [-0.05, 0) is 32.2 Å². The van der Waals surface area contributed by atoms with Gasteiger partial charge in [-0.2, -0.15) is 0 Å². The Morgan fingerprint density at radius 1 is 1.65 bits per heavy atom. The number of likely N-dealkylation sites (N-methyl/N-ethyl adjacent to an activating group) is 1. The minimum Gasteiger partial charge on any atom is -0.468 e. The molecule has 2 atom stereocenters. The van der Waals surface area contributed by atoms with Gasteiger partial charge in [0.05, 0.1) is 7.11 Å². The zero-order valence-electron chi connectivity index (χ0n) is 12.7. The number of aryl methyl sites for hydroxylation is 2. The van der Waals surface area contributed by atoms with Crippen molar-refractivity contribution in [3.05, 3.63) is 18.2 Å². The largest absolute Gasteiger partial charge is 0.468 e. The van der Waals surface area contributed by atoms with E-state index in [-0.39, 0.29) is 5.97 Å². The number of methoxy groups -OCH3 is 1. The highest BCUT2D eigenvalue weighted by molar-refractivity contribution is 5.81. The minimum absolute atomic E-state index is 0.121. The molecule has 2 unspecified atom stereocenters. The van der Waals surface area contributed by atoms with Gasteiger partial charge in [0, 0.05) is 25.4 Å². The molecule has 1 N–H and O–H groups in total. The Labute approximate surface area is 120 Å². The Kier molecular flexibility index (Phi) is 4.81. The molecule has 0 bridgehead atoms. The number of aromatic nitrogens is 2. The highest BCUT2D eigenvalue weighted by Crippen LogP contribution is 2.39. The molecule has 2 rings (SSSR count). The van der Waals surface area contributed by atoms with E-state index in [0.29, 0.717) is 5.92 Å². The SMILES string of the molecule is CCc1nccn1CCC1CCCC1(NC)C(=O)OC. The van der Waals surface area contributed by atoms with Crippen LogP contribution in [0.5, 0.6) is 0 Å². The van der Waals surface area contributed by atoms with Crippen LogP contribution in [0.25, 0.3) is 0 Å². The van der Waals surface area contributed by atoms with Crippen molar-refractivity contribution in [2.24, 2.45) is 5.92 Å². The zero-order valence-corrected chi connectivity index (χ0v) is 12.7. The van der Waals surface area contributed by atoms with Gasteiger partial charge in [0.25, 0.3) is 0 Å². The third-order valence-corrected chi connectivity index (χ3v) is 4.65. The van der Waals surface area contributed by atoms with E-state index in [1.54, 1.807) is 0 Å². The first-order valence-corrected chi connectivity index (χ1v) is 7.45. The fraction of sp³-hybridized carbons (Fsp3) is 0.733. The number of carbonyl (C=O) groups excluding carboxylic acids is 1. The second-order valence-corrected chi connectivity index (χ2v) is 5.48. The summed E-state index contributed by atoms with van der Waals surface area (Å²) in [5.41, 5.74) is -0.498. The van der Waals surface area contributed by atoms with E-state index in [1.165, 1.54) is 7.11 Å². The number of carbonyl (C=O) groups is 1. The lowest BCUT2D eigenvalue weighted by Gasteiger charge is -2.32. The molecule has 0 aliphatic heterocycles. The second kappa shape index (κ2) is 6.39. The zero-order chi connectivity index (χ0) is 14.6. The van der Waals surface area contributed by atoms with E-state index in [9.17, 15) is 4.79 Å². The average Bonchev–Trinajstić information content (AvgIpc) is 3.10. The molecule has 1 heterocycles. The van der Waals surface area contributed by atoms with Crippen molar-refractivity contribution in [2.75, 3.05) is 14.2 Å². The van der Waals surface area contributed by atoms with Crippen LogP contribution < -0.4 is 5.32 Å². The van der Waals surface area contributed by atoms with Crippen molar-refractivity contribution in [1.29, 1.82) is 0 Å². The number of imidazole rings is 1. The minimum atomic E-state index is -0.498. The van der Waals surface area contributed by atoms with Gasteiger partial charge in [-0.1, -0.05) is 13.3 Å². The summed E-state index contributed by atoms with van der Waals surface area (Å²) < 4.78 is 7.21. The standard InChI is InChI=1S/C15H25N3O2/c1-4-13-17-9-11-18(13)10-7-12-6-5-8-15(12,16-2)14(19)20-3/h9,11-12,16H,4-8,10H2,1-3H3. The molecule has 0 saturated heterocycles. The first-order valence-electron chi connectivity index (χ1n) is 7.45. The molecule has 0 amide bonds.